The summed E-state index contributed by atoms with van der Waals surface area (Å²) >= 11 is 0. The number of alkyl halides is 1. The molecule has 0 radical (unpaired) electrons. The predicted molar refractivity (Wildman–Crippen MR) is 51.7 cm³/mol. The van der Waals surface area contributed by atoms with Crippen molar-refractivity contribution in [2.24, 2.45) is 11.8 Å². The Hall–Kier alpha value is -0.150. The molecule has 2 nitrogen and oxygen atoms in total. The Bertz CT molecular complexity index is 203. The van der Waals surface area contributed by atoms with Crippen molar-refractivity contribution >= 4 is 0 Å². The Morgan fingerprint density at radius 1 is 1.07 bits per heavy atom. The van der Waals surface area contributed by atoms with Crippen molar-refractivity contribution in [2.75, 3.05) is 14.2 Å². The van der Waals surface area contributed by atoms with Crippen molar-refractivity contribution < 1.29 is 13.9 Å². The second-order valence-electron chi connectivity index (χ2n) is 4.66. The maximum atomic E-state index is 13.2. The van der Waals surface area contributed by atoms with Crippen molar-refractivity contribution in [3.8, 4) is 0 Å². The number of fused-ring (bicyclic) bond motifs is 1. The van der Waals surface area contributed by atoms with Crippen LogP contribution in [0, 0.1) is 11.8 Å². The van der Waals surface area contributed by atoms with Crippen LogP contribution in [0.2, 0.25) is 0 Å². The first-order chi connectivity index (χ1) is 6.69. The van der Waals surface area contributed by atoms with Crippen LogP contribution in [-0.2, 0) is 9.47 Å². The van der Waals surface area contributed by atoms with Crippen molar-refractivity contribution in [1.82, 2.24) is 0 Å². The maximum absolute atomic E-state index is 13.2. The second-order valence-corrected chi connectivity index (χ2v) is 4.66. The molecule has 0 heterocycles. The molecule has 2 aliphatic carbocycles. The molecule has 0 bridgehead atoms. The number of ether oxygens (including phenoxy) is 2. The van der Waals surface area contributed by atoms with Gasteiger partial charge in [-0.3, -0.25) is 0 Å². The van der Waals surface area contributed by atoms with Gasteiger partial charge in [0.15, 0.2) is 5.79 Å². The van der Waals surface area contributed by atoms with E-state index in [9.17, 15) is 4.39 Å². The van der Waals surface area contributed by atoms with Gasteiger partial charge in [0, 0.05) is 27.1 Å². The Kier molecular flexibility index (Phi) is 2.80. The molecule has 14 heavy (non-hydrogen) atoms. The zero-order valence-electron chi connectivity index (χ0n) is 8.96. The molecule has 2 aliphatic rings. The normalized spacial score (nSPS) is 40.9. The average molecular weight is 202 g/mol. The molecule has 0 spiro atoms. The average Bonchev–Trinajstić information content (AvgIpc) is 2.56. The van der Waals surface area contributed by atoms with Gasteiger partial charge >= 0.3 is 0 Å². The summed E-state index contributed by atoms with van der Waals surface area (Å²) < 4.78 is 24.1. The lowest BCUT2D eigenvalue weighted by molar-refractivity contribution is -0.204. The Morgan fingerprint density at radius 2 is 1.71 bits per heavy atom. The fourth-order valence-corrected chi connectivity index (χ4v) is 3.09. The minimum atomic E-state index is -0.597. The van der Waals surface area contributed by atoms with E-state index in [1.54, 1.807) is 14.2 Å². The highest BCUT2D eigenvalue weighted by Crippen LogP contribution is 2.49. The lowest BCUT2D eigenvalue weighted by Crippen LogP contribution is -2.30. The molecule has 3 atom stereocenters. The van der Waals surface area contributed by atoms with Gasteiger partial charge in [0.05, 0.1) is 0 Å². The summed E-state index contributed by atoms with van der Waals surface area (Å²) in [4.78, 5) is 0. The van der Waals surface area contributed by atoms with Gasteiger partial charge in [0.1, 0.15) is 6.17 Å². The van der Waals surface area contributed by atoms with E-state index in [0.29, 0.717) is 18.3 Å². The van der Waals surface area contributed by atoms with Gasteiger partial charge in [-0.05, 0) is 31.1 Å². The molecule has 2 fully saturated rings. The first kappa shape index (κ1) is 10.4. The summed E-state index contributed by atoms with van der Waals surface area (Å²) in [5.41, 5.74) is 0. The third-order valence-corrected chi connectivity index (χ3v) is 3.97. The van der Waals surface area contributed by atoms with Crippen molar-refractivity contribution in [3.05, 3.63) is 0 Å². The van der Waals surface area contributed by atoms with E-state index in [1.807, 2.05) is 0 Å². The molecule has 0 aromatic rings. The van der Waals surface area contributed by atoms with Crippen molar-refractivity contribution in [1.29, 1.82) is 0 Å². The van der Waals surface area contributed by atoms with Crippen LogP contribution in [0.1, 0.15) is 32.1 Å². The fraction of sp³-hybridized carbons (Fsp3) is 1.00. The first-order valence-electron chi connectivity index (χ1n) is 5.43. The summed E-state index contributed by atoms with van der Waals surface area (Å²) in [6, 6.07) is 0. The molecule has 82 valence electrons. The molecule has 0 aromatic heterocycles. The van der Waals surface area contributed by atoms with Crippen LogP contribution in [0.4, 0.5) is 4.39 Å². The van der Waals surface area contributed by atoms with E-state index in [2.05, 4.69) is 0 Å². The second kappa shape index (κ2) is 3.78. The summed E-state index contributed by atoms with van der Waals surface area (Å²) in [6.45, 7) is 0. The Morgan fingerprint density at radius 3 is 2.36 bits per heavy atom. The largest absolute Gasteiger partial charge is 0.353 e. The summed E-state index contributed by atoms with van der Waals surface area (Å²) in [6.07, 6.45) is 3.65. The van der Waals surface area contributed by atoms with E-state index in [4.69, 9.17) is 9.47 Å². The van der Waals surface area contributed by atoms with E-state index in [-0.39, 0.29) is 0 Å². The molecule has 2 unspecified atom stereocenters. The molecule has 0 N–H and O–H groups in total. The molecule has 2 rings (SSSR count). The summed E-state index contributed by atoms with van der Waals surface area (Å²) in [7, 11) is 3.38. The van der Waals surface area contributed by atoms with E-state index in [0.717, 1.165) is 25.7 Å². The number of rotatable bonds is 2. The van der Waals surface area contributed by atoms with Crippen LogP contribution in [0.15, 0.2) is 0 Å². The van der Waals surface area contributed by atoms with Gasteiger partial charge in [-0.15, -0.1) is 0 Å². The predicted octanol–water partition coefficient (Wildman–Crippen LogP) is 2.52. The van der Waals surface area contributed by atoms with Crippen molar-refractivity contribution in [3.63, 3.8) is 0 Å². The minimum absolute atomic E-state index is 0.417. The molecule has 0 aromatic carbocycles. The van der Waals surface area contributed by atoms with Gasteiger partial charge in [0.2, 0.25) is 0 Å². The van der Waals surface area contributed by atoms with Crippen LogP contribution < -0.4 is 0 Å². The number of methoxy groups -OCH3 is 2. The lowest BCUT2D eigenvalue weighted by atomic mass is 9.81. The molecule has 3 heteroatoms. The monoisotopic (exact) mass is 202 g/mol. The molecule has 2 saturated carbocycles. The van der Waals surface area contributed by atoms with Crippen LogP contribution in [0.5, 0.6) is 0 Å². The van der Waals surface area contributed by atoms with Gasteiger partial charge < -0.3 is 9.47 Å². The zero-order valence-corrected chi connectivity index (χ0v) is 8.96. The summed E-state index contributed by atoms with van der Waals surface area (Å²) in [5.74, 6) is 0.667. The third kappa shape index (κ3) is 1.68. The van der Waals surface area contributed by atoms with Crippen LogP contribution in [-0.4, -0.2) is 26.2 Å². The zero-order chi connectivity index (χ0) is 10.2. The van der Waals surface area contributed by atoms with E-state index < -0.39 is 12.0 Å². The number of hydrogen-bond donors (Lipinski definition) is 0. The molecule has 0 amide bonds. The maximum Gasteiger partial charge on any atom is 0.168 e. The molecule has 0 saturated heterocycles. The molecular weight excluding hydrogens is 183 g/mol. The van der Waals surface area contributed by atoms with Gasteiger partial charge in [-0.1, -0.05) is 0 Å². The minimum Gasteiger partial charge on any atom is -0.353 e. The van der Waals surface area contributed by atoms with Crippen LogP contribution >= 0.6 is 0 Å². The highest BCUT2D eigenvalue weighted by atomic mass is 19.1. The highest BCUT2D eigenvalue weighted by molar-refractivity contribution is 4.93. The number of halogens is 1. The van der Waals surface area contributed by atoms with Gasteiger partial charge in [-0.25, -0.2) is 4.39 Å². The smallest absolute Gasteiger partial charge is 0.168 e. The Labute approximate surface area is 84.8 Å². The molecule has 0 aliphatic heterocycles. The highest BCUT2D eigenvalue weighted by Gasteiger charge is 2.48. The Balaban J connectivity index is 2.04. The topological polar surface area (TPSA) is 18.5 Å². The van der Waals surface area contributed by atoms with Crippen LogP contribution in [0.3, 0.4) is 0 Å². The van der Waals surface area contributed by atoms with Gasteiger partial charge in [-0.2, -0.15) is 0 Å². The van der Waals surface area contributed by atoms with Crippen molar-refractivity contribution in [2.45, 2.75) is 44.1 Å². The standard InChI is InChI=1S/C11H19FO2/c1-13-11(14-2)6-8-3-4-10(12)5-9(8)7-11/h8-10H,3-7H2,1-2H3/t8-,9?,10?/m0/s1. The quantitative estimate of drug-likeness (QED) is 0.641. The van der Waals surface area contributed by atoms with E-state index >= 15 is 0 Å². The fourth-order valence-electron chi connectivity index (χ4n) is 3.09. The third-order valence-electron chi connectivity index (χ3n) is 3.97. The lowest BCUT2D eigenvalue weighted by Gasteiger charge is -2.26. The van der Waals surface area contributed by atoms with E-state index in [1.165, 1.54) is 0 Å². The first-order valence-corrected chi connectivity index (χ1v) is 5.43. The summed E-state index contributed by atoms with van der Waals surface area (Å²) in [5, 5.41) is 0. The number of hydrogen-bond acceptors (Lipinski definition) is 2. The SMILES string of the molecule is COC1(OC)CC2CC(F)CC[C@H]2C1. The molecular formula is C11H19FO2. The van der Waals surface area contributed by atoms with Gasteiger partial charge in [0.25, 0.3) is 0 Å². The van der Waals surface area contributed by atoms with Crippen LogP contribution in [0.25, 0.3) is 0 Å².